The van der Waals surface area contributed by atoms with Gasteiger partial charge in [0.1, 0.15) is 22.3 Å². The van der Waals surface area contributed by atoms with Gasteiger partial charge >= 0.3 is 0 Å². The van der Waals surface area contributed by atoms with E-state index in [0.29, 0.717) is 0 Å². The minimum absolute atomic E-state index is 0.837. The maximum absolute atomic E-state index is 6.94. The first-order valence-corrected chi connectivity index (χ1v) is 18.9. The molecule has 0 radical (unpaired) electrons. The Labute approximate surface area is 323 Å². The Morgan fingerprint density at radius 2 is 0.786 bits per heavy atom. The van der Waals surface area contributed by atoms with Gasteiger partial charge in [-0.1, -0.05) is 115 Å². The minimum Gasteiger partial charge on any atom is -0.455 e. The molecule has 2 heterocycles. The van der Waals surface area contributed by atoms with Gasteiger partial charge in [0.15, 0.2) is 0 Å². The van der Waals surface area contributed by atoms with Gasteiger partial charge in [-0.2, -0.15) is 0 Å². The van der Waals surface area contributed by atoms with Gasteiger partial charge < -0.3 is 18.6 Å². The third-order valence-electron chi connectivity index (χ3n) is 10.8. The van der Waals surface area contributed by atoms with Gasteiger partial charge in [-0.05, 0) is 102 Å². The Balaban J connectivity index is 1.14. The second-order valence-corrected chi connectivity index (χ2v) is 14.1. The molecule has 0 aliphatic rings. The van der Waals surface area contributed by atoms with Crippen LogP contribution in [0.5, 0.6) is 0 Å². The lowest BCUT2D eigenvalue weighted by atomic mass is 9.98. The molecule has 2 aromatic heterocycles. The van der Waals surface area contributed by atoms with Gasteiger partial charge in [0, 0.05) is 60.9 Å². The number of anilines is 6. The molecule has 0 aliphatic heterocycles. The number of rotatable bonds is 7. The molecule has 0 atom stereocenters. The van der Waals surface area contributed by atoms with Gasteiger partial charge in [0.25, 0.3) is 0 Å². The molecule has 0 saturated heterocycles. The maximum atomic E-state index is 6.94. The Bertz CT molecular complexity index is 3150. The minimum atomic E-state index is 0.837. The second-order valence-electron chi connectivity index (χ2n) is 14.1. The summed E-state index contributed by atoms with van der Waals surface area (Å²) in [7, 11) is 0. The molecule has 0 spiro atoms. The highest BCUT2D eigenvalue weighted by Gasteiger charge is 2.24. The van der Waals surface area contributed by atoms with Crippen LogP contribution in [0.15, 0.2) is 215 Å². The highest BCUT2D eigenvalue weighted by molar-refractivity contribution is 6.17. The summed E-state index contributed by atoms with van der Waals surface area (Å²) in [6.45, 7) is 0. The number of hydrogen-bond donors (Lipinski definition) is 0. The second kappa shape index (κ2) is 13.1. The zero-order valence-electron chi connectivity index (χ0n) is 30.3. The molecule has 0 bridgehead atoms. The van der Waals surface area contributed by atoms with Crippen molar-refractivity contribution in [2.45, 2.75) is 0 Å². The zero-order chi connectivity index (χ0) is 37.0. The van der Waals surface area contributed by atoms with E-state index in [1.54, 1.807) is 0 Å². The molecule has 0 N–H and O–H groups in total. The molecule has 9 aromatic carbocycles. The van der Waals surface area contributed by atoms with Crippen molar-refractivity contribution in [3.63, 3.8) is 0 Å². The molecule has 4 heteroatoms. The molecule has 4 nitrogen and oxygen atoms in total. The number of hydrogen-bond acceptors (Lipinski definition) is 4. The molecule has 0 amide bonds. The van der Waals surface area contributed by atoms with Crippen molar-refractivity contribution in [3.8, 4) is 11.1 Å². The van der Waals surface area contributed by atoms with E-state index in [2.05, 4.69) is 216 Å². The molecule has 0 fully saturated rings. The number of benzene rings is 9. The number of furan rings is 2. The molecular formula is C52H34N2O2. The van der Waals surface area contributed by atoms with Crippen LogP contribution in [0.25, 0.3) is 65.8 Å². The lowest BCUT2D eigenvalue weighted by Crippen LogP contribution is -2.11. The first-order chi connectivity index (χ1) is 27.8. The number of fused-ring (bicyclic) bond motifs is 8. The van der Waals surface area contributed by atoms with Gasteiger partial charge in [0.05, 0.1) is 5.69 Å². The molecule has 264 valence electrons. The summed E-state index contributed by atoms with van der Waals surface area (Å²) >= 11 is 0. The quantitative estimate of drug-likeness (QED) is 0.164. The monoisotopic (exact) mass is 718 g/mol. The molecule has 11 aromatic rings. The topological polar surface area (TPSA) is 32.8 Å². The molecular weight excluding hydrogens is 685 g/mol. The molecule has 11 rings (SSSR count). The molecule has 0 aliphatic carbocycles. The van der Waals surface area contributed by atoms with E-state index in [0.717, 1.165) is 99.9 Å². The lowest BCUT2D eigenvalue weighted by molar-refractivity contribution is 0.670. The van der Waals surface area contributed by atoms with E-state index in [9.17, 15) is 0 Å². The van der Waals surface area contributed by atoms with Crippen LogP contribution in [0, 0.1) is 0 Å². The third-order valence-corrected chi connectivity index (χ3v) is 10.8. The van der Waals surface area contributed by atoms with E-state index in [1.165, 1.54) is 0 Å². The lowest BCUT2D eigenvalue weighted by Gasteiger charge is -2.28. The summed E-state index contributed by atoms with van der Waals surface area (Å²) in [6.07, 6.45) is 0. The van der Waals surface area contributed by atoms with Crippen molar-refractivity contribution in [1.82, 2.24) is 0 Å². The Kier molecular flexibility index (Phi) is 7.46. The highest BCUT2D eigenvalue weighted by Crippen LogP contribution is 2.48. The molecule has 56 heavy (non-hydrogen) atoms. The standard InChI is InChI=1S/C52H34N2O2/c1-5-16-36(17-6-1)50-47(30-29-44-46-33-40(26-31-49(46)56-52(44)50)53(37-18-7-2-8-19-37)38-20-9-3-10-21-38)54(39-22-11-4-12-23-39)41-27-32-48-45(34-41)43-28-25-35-15-13-14-24-42(35)51(43)55-48/h1-34H. The van der Waals surface area contributed by atoms with Crippen molar-refractivity contribution in [3.05, 3.63) is 206 Å². The van der Waals surface area contributed by atoms with Gasteiger partial charge in [-0.3, -0.25) is 0 Å². The van der Waals surface area contributed by atoms with Gasteiger partial charge in [-0.15, -0.1) is 0 Å². The van der Waals surface area contributed by atoms with Crippen LogP contribution < -0.4 is 9.80 Å². The first kappa shape index (κ1) is 31.9. The largest absolute Gasteiger partial charge is 0.455 e. The van der Waals surface area contributed by atoms with Crippen molar-refractivity contribution < 1.29 is 8.83 Å². The zero-order valence-corrected chi connectivity index (χ0v) is 30.3. The van der Waals surface area contributed by atoms with E-state index in [4.69, 9.17) is 8.83 Å². The Morgan fingerprint density at radius 3 is 1.41 bits per heavy atom. The summed E-state index contributed by atoms with van der Waals surface area (Å²) in [5, 5.41) is 6.56. The fraction of sp³-hybridized carbons (Fsp3) is 0. The SMILES string of the molecule is c1ccc(-c2c(N(c3ccccc3)c3ccc4oc5c6ccccc6ccc5c4c3)ccc3c2oc2ccc(N(c4ccccc4)c4ccccc4)cc23)cc1. The van der Waals surface area contributed by atoms with E-state index < -0.39 is 0 Å². The van der Waals surface area contributed by atoms with Crippen LogP contribution in [-0.4, -0.2) is 0 Å². The number of para-hydroxylation sites is 3. The fourth-order valence-corrected chi connectivity index (χ4v) is 8.26. The summed E-state index contributed by atoms with van der Waals surface area (Å²) in [4.78, 5) is 4.63. The van der Waals surface area contributed by atoms with Crippen molar-refractivity contribution in [1.29, 1.82) is 0 Å². The van der Waals surface area contributed by atoms with Crippen LogP contribution in [0.4, 0.5) is 34.1 Å². The van der Waals surface area contributed by atoms with E-state index in [-0.39, 0.29) is 0 Å². The maximum Gasteiger partial charge on any atom is 0.145 e. The summed E-state index contributed by atoms with van der Waals surface area (Å²) in [6, 6.07) is 72.5. The van der Waals surface area contributed by atoms with Crippen LogP contribution in [-0.2, 0) is 0 Å². The average molecular weight is 719 g/mol. The van der Waals surface area contributed by atoms with Crippen LogP contribution in [0.1, 0.15) is 0 Å². The van der Waals surface area contributed by atoms with Crippen LogP contribution in [0.3, 0.4) is 0 Å². The summed E-state index contributed by atoms with van der Waals surface area (Å²) in [5.74, 6) is 0. The van der Waals surface area contributed by atoms with E-state index >= 15 is 0 Å². The fourth-order valence-electron chi connectivity index (χ4n) is 8.26. The van der Waals surface area contributed by atoms with Crippen LogP contribution >= 0.6 is 0 Å². The highest BCUT2D eigenvalue weighted by atomic mass is 16.3. The van der Waals surface area contributed by atoms with Gasteiger partial charge in [0.2, 0.25) is 0 Å². The first-order valence-electron chi connectivity index (χ1n) is 18.9. The summed E-state index contributed by atoms with van der Waals surface area (Å²) in [5.41, 5.74) is 11.9. The Morgan fingerprint density at radius 1 is 0.304 bits per heavy atom. The third kappa shape index (κ3) is 5.23. The summed E-state index contributed by atoms with van der Waals surface area (Å²) < 4.78 is 13.5. The van der Waals surface area contributed by atoms with Gasteiger partial charge in [-0.25, -0.2) is 0 Å². The van der Waals surface area contributed by atoms with E-state index in [1.807, 2.05) is 0 Å². The molecule has 0 saturated carbocycles. The van der Waals surface area contributed by atoms with Crippen LogP contribution in [0.2, 0.25) is 0 Å². The predicted octanol–water partition coefficient (Wildman–Crippen LogP) is 15.2. The smallest absolute Gasteiger partial charge is 0.145 e. The number of nitrogens with zero attached hydrogens (tertiary/aromatic N) is 2. The van der Waals surface area contributed by atoms with Crippen molar-refractivity contribution >= 4 is 88.8 Å². The average Bonchev–Trinajstić information content (AvgIpc) is 3.83. The predicted molar refractivity (Wildman–Crippen MR) is 233 cm³/mol. The van der Waals surface area contributed by atoms with Crippen molar-refractivity contribution in [2.75, 3.05) is 9.80 Å². The normalized spacial score (nSPS) is 11.6. The molecule has 0 unspecified atom stereocenters. The van der Waals surface area contributed by atoms with Crippen molar-refractivity contribution in [2.24, 2.45) is 0 Å². The Hall–Kier alpha value is -7.56.